The monoisotopic (exact) mass is 213 g/mol. The maximum atomic E-state index is 11.0. The molecule has 0 bridgehead atoms. The third-order valence-electron chi connectivity index (χ3n) is 1.56. The van der Waals surface area contributed by atoms with Gasteiger partial charge in [-0.15, -0.1) is 0 Å². The summed E-state index contributed by atoms with van der Waals surface area (Å²) in [6, 6.07) is 3.81. The summed E-state index contributed by atoms with van der Waals surface area (Å²) in [7, 11) is -4.11. The fraction of sp³-hybridized carbons (Fsp3) is 0. The number of phenolic OH excluding ortho intramolecular Hbond substituents is 1. The molecule has 74 valence electrons. The average molecular weight is 213 g/mol. The second-order valence-electron chi connectivity index (χ2n) is 2.53. The first-order valence-corrected chi connectivity index (χ1v) is 4.97. The summed E-state index contributed by atoms with van der Waals surface area (Å²) in [4.78, 5) is -0.542. The van der Waals surface area contributed by atoms with Crippen LogP contribution in [0.5, 0.6) is 5.75 Å². The highest BCUT2D eigenvalue weighted by atomic mass is 32.2. The van der Waals surface area contributed by atoms with Gasteiger partial charge in [-0.2, -0.15) is 5.26 Å². The lowest BCUT2D eigenvalue weighted by atomic mass is 10.2. The van der Waals surface area contributed by atoms with Gasteiger partial charge in [-0.25, -0.2) is 13.6 Å². The Balaban J connectivity index is 3.74. The van der Waals surface area contributed by atoms with E-state index < -0.39 is 26.2 Å². The SMILES string of the molecule is N#Cc1c(O)ccc(N)c1S(N)(=O)=O. The number of hydrogen-bond acceptors (Lipinski definition) is 5. The van der Waals surface area contributed by atoms with Gasteiger partial charge in [-0.1, -0.05) is 0 Å². The standard InChI is InChI=1S/C7H7N3O3S/c8-3-4-6(11)2-1-5(9)7(4)14(10,12)13/h1-2,11H,9H2,(H2,10,12,13). The second kappa shape index (κ2) is 3.17. The molecule has 0 fully saturated rings. The van der Waals surface area contributed by atoms with E-state index in [1.54, 1.807) is 0 Å². The van der Waals surface area contributed by atoms with Crippen molar-refractivity contribution in [3.8, 4) is 11.8 Å². The minimum atomic E-state index is -4.11. The van der Waals surface area contributed by atoms with Crippen LogP contribution in [0.25, 0.3) is 0 Å². The molecule has 0 saturated heterocycles. The van der Waals surface area contributed by atoms with E-state index in [-0.39, 0.29) is 5.69 Å². The van der Waals surface area contributed by atoms with Crippen LogP contribution in [0.15, 0.2) is 17.0 Å². The lowest BCUT2D eigenvalue weighted by Crippen LogP contribution is -2.16. The van der Waals surface area contributed by atoms with Crippen LogP contribution < -0.4 is 10.9 Å². The minimum Gasteiger partial charge on any atom is -0.507 e. The summed E-state index contributed by atoms with van der Waals surface area (Å²) < 4.78 is 22.0. The van der Waals surface area contributed by atoms with Gasteiger partial charge in [0.2, 0.25) is 10.0 Å². The molecule has 1 rings (SSSR count). The number of aromatic hydroxyl groups is 1. The van der Waals surface area contributed by atoms with E-state index in [0.717, 1.165) is 12.1 Å². The summed E-state index contributed by atoms with van der Waals surface area (Å²) in [6.45, 7) is 0. The molecule has 1 aromatic rings. The van der Waals surface area contributed by atoms with E-state index >= 15 is 0 Å². The molecule has 0 amide bonds. The van der Waals surface area contributed by atoms with Crippen LogP contribution in [-0.2, 0) is 10.0 Å². The zero-order valence-electron chi connectivity index (χ0n) is 6.93. The molecule has 6 nitrogen and oxygen atoms in total. The Bertz CT molecular complexity index is 516. The van der Waals surface area contributed by atoms with Crippen LogP contribution in [0.1, 0.15) is 5.56 Å². The summed E-state index contributed by atoms with van der Waals surface area (Å²) in [5.41, 5.74) is 4.73. The first kappa shape index (κ1) is 10.3. The maximum absolute atomic E-state index is 11.0. The number of rotatable bonds is 1. The van der Waals surface area contributed by atoms with E-state index in [1.165, 1.54) is 6.07 Å². The van der Waals surface area contributed by atoms with Gasteiger partial charge < -0.3 is 10.8 Å². The number of anilines is 1. The highest BCUT2D eigenvalue weighted by Gasteiger charge is 2.20. The zero-order chi connectivity index (χ0) is 10.9. The molecule has 5 N–H and O–H groups in total. The maximum Gasteiger partial charge on any atom is 0.241 e. The highest BCUT2D eigenvalue weighted by Crippen LogP contribution is 2.28. The smallest absolute Gasteiger partial charge is 0.241 e. The molecule has 0 aliphatic carbocycles. The molecule has 0 aromatic heterocycles. The number of hydrogen-bond donors (Lipinski definition) is 3. The van der Waals surface area contributed by atoms with Gasteiger partial charge in [-0.05, 0) is 12.1 Å². The Kier molecular flexibility index (Phi) is 2.33. The van der Waals surface area contributed by atoms with Crippen LogP contribution in [0, 0.1) is 11.3 Å². The van der Waals surface area contributed by atoms with E-state index in [0.29, 0.717) is 0 Å². The molecular formula is C7H7N3O3S. The summed E-state index contributed by atoms with van der Waals surface area (Å²) >= 11 is 0. The molecule has 0 aliphatic heterocycles. The van der Waals surface area contributed by atoms with Crippen molar-refractivity contribution >= 4 is 15.7 Å². The number of nitrogen functional groups attached to an aromatic ring is 1. The van der Waals surface area contributed by atoms with Crippen molar-refractivity contribution in [2.45, 2.75) is 4.90 Å². The number of nitrogens with two attached hydrogens (primary N) is 2. The molecule has 7 heteroatoms. The van der Waals surface area contributed by atoms with Crippen LogP contribution in [0.4, 0.5) is 5.69 Å². The predicted octanol–water partition coefficient (Wildman–Crippen LogP) is -0.507. The molecular weight excluding hydrogens is 206 g/mol. The minimum absolute atomic E-state index is 0.165. The summed E-state index contributed by atoms with van der Waals surface area (Å²) in [6.07, 6.45) is 0. The molecule has 0 aliphatic rings. The number of nitriles is 1. The Morgan fingerprint density at radius 2 is 2.00 bits per heavy atom. The van der Waals surface area contributed by atoms with Crippen LogP contribution in [0.3, 0.4) is 0 Å². The fourth-order valence-corrected chi connectivity index (χ4v) is 1.83. The van der Waals surface area contributed by atoms with Crippen molar-refractivity contribution < 1.29 is 13.5 Å². The molecule has 0 saturated carbocycles. The molecule has 0 unspecified atom stereocenters. The Morgan fingerprint density at radius 1 is 1.43 bits per heavy atom. The highest BCUT2D eigenvalue weighted by molar-refractivity contribution is 7.89. The van der Waals surface area contributed by atoms with Gasteiger partial charge in [0.05, 0.1) is 5.69 Å². The zero-order valence-corrected chi connectivity index (χ0v) is 7.75. The average Bonchev–Trinajstić information content (AvgIpc) is 2.06. The van der Waals surface area contributed by atoms with Gasteiger partial charge in [0.25, 0.3) is 0 Å². The Morgan fingerprint density at radius 3 is 2.36 bits per heavy atom. The van der Waals surface area contributed by atoms with Crippen molar-refractivity contribution in [3.63, 3.8) is 0 Å². The van der Waals surface area contributed by atoms with Crippen LogP contribution in [-0.4, -0.2) is 13.5 Å². The van der Waals surface area contributed by atoms with Crippen molar-refractivity contribution in [1.82, 2.24) is 0 Å². The first-order valence-electron chi connectivity index (χ1n) is 3.42. The number of primary sulfonamides is 1. The van der Waals surface area contributed by atoms with Crippen molar-refractivity contribution in [1.29, 1.82) is 5.26 Å². The summed E-state index contributed by atoms with van der Waals surface area (Å²) in [5.74, 6) is -0.467. The number of sulfonamides is 1. The molecule has 14 heavy (non-hydrogen) atoms. The lowest BCUT2D eigenvalue weighted by Gasteiger charge is -2.06. The van der Waals surface area contributed by atoms with E-state index in [1.807, 2.05) is 0 Å². The van der Waals surface area contributed by atoms with Crippen LogP contribution >= 0.6 is 0 Å². The van der Waals surface area contributed by atoms with Gasteiger partial charge in [0.1, 0.15) is 22.3 Å². The lowest BCUT2D eigenvalue weighted by molar-refractivity contribution is 0.471. The third-order valence-corrected chi connectivity index (χ3v) is 2.57. The van der Waals surface area contributed by atoms with Gasteiger partial charge in [-0.3, -0.25) is 0 Å². The second-order valence-corrected chi connectivity index (χ2v) is 4.03. The van der Waals surface area contributed by atoms with Gasteiger partial charge >= 0.3 is 0 Å². The van der Waals surface area contributed by atoms with Crippen molar-refractivity contribution in [2.24, 2.45) is 5.14 Å². The number of nitrogens with zero attached hydrogens (tertiary/aromatic N) is 1. The Hall–Kier alpha value is -1.78. The van der Waals surface area contributed by atoms with E-state index in [2.05, 4.69) is 0 Å². The van der Waals surface area contributed by atoms with Crippen molar-refractivity contribution in [2.75, 3.05) is 5.73 Å². The molecule has 0 spiro atoms. The van der Waals surface area contributed by atoms with Gasteiger partial charge in [0.15, 0.2) is 0 Å². The topological polar surface area (TPSA) is 130 Å². The molecule has 0 atom stereocenters. The molecule has 0 radical (unpaired) electrons. The third kappa shape index (κ3) is 1.61. The summed E-state index contributed by atoms with van der Waals surface area (Å²) in [5, 5.41) is 22.6. The van der Waals surface area contributed by atoms with Gasteiger partial charge in [0, 0.05) is 0 Å². The molecule has 1 aromatic carbocycles. The predicted molar refractivity (Wildman–Crippen MR) is 48.6 cm³/mol. The van der Waals surface area contributed by atoms with Crippen LogP contribution in [0.2, 0.25) is 0 Å². The van der Waals surface area contributed by atoms with Crippen molar-refractivity contribution in [3.05, 3.63) is 17.7 Å². The normalized spacial score (nSPS) is 10.9. The fourth-order valence-electron chi connectivity index (χ4n) is 1.00. The van der Waals surface area contributed by atoms with E-state index in [4.69, 9.17) is 16.1 Å². The quantitative estimate of drug-likeness (QED) is 0.427. The van der Waals surface area contributed by atoms with E-state index in [9.17, 15) is 13.5 Å². The number of phenols is 1. The largest absolute Gasteiger partial charge is 0.507 e. The molecule has 0 heterocycles. The number of benzene rings is 1. The first-order chi connectivity index (χ1) is 6.38. The Labute approximate surface area is 80.4 Å².